The van der Waals surface area contributed by atoms with Gasteiger partial charge in [0.2, 0.25) is 0 Å². The van der Waals surface area contributed by atoms with Crippen LogP contribution in [-0.4, -0.2) is 30.5 Å². The molecule has 0 saturated heterocycles. The van der Waals surface area contributed by atoms with Crippen molar-refractivity contribution in [1.82, 2.24) is 5.32 Å². The van der Waals surface area contributed by atoms with Gasteiger partial charge in [0.05, 0.1) is 6.10 Å². The van der Waals surface area contributed by atoms with Gasteiger partial charge >= 0.3 is 0 Å². The minimum Gasteiger partial charge on any atom is -0.393 e. The highest BCUT2D eigenvalue weighted by Crippen LogP contribution is 2.21. The molecule has 0 spiro atoms. The van der Waals surface area contributed by atoms with Crippen molar-refractivity contribution >= 4 is 0 Å². The molecule has 2 nitrogen and oxygen atoms in total. The summed E-state index contributed by atoms with van der Waals surface area (Å²) in [5, 5.41) is 12.0. The molecule has 0 heterocycles. The van der Waals surface area contributed by atoms with E-state index in [2.05, 4.69) is 5.32 Å². The van der Waals surface area contributed by atoms with E-state index in [1.54, 1.807) is 7.05 Å². The molecule has 1 saturated carbocycles. The second-order valence-electron chi connectivity index (χ2n) is 2.88. The summed E-state index contributed by atoms with van der Waals surface area (Å²) in [4.78, 5) is 0. The van der Waals surface area contributed by atoms with Crippen LogP contribution in [-0.2, 0) is 0 Å². The van der Waals surface area contributed by atoms with Crippen LogP contribution in [0.15, 0.2) is 0 Å². The van der Waals surface area contributed by atoms with E-state index in [-0.39, 0.29) is 12.1 Å². The molecule has 1 fully saturated rings. The summed E-state index contributed by atoms with van der Waals surface area (Å²) in [7, 11) is 1.73. The van der Waals surface area contributed by atoms with Crippen molar-refractivity contribution in [2.24, 2.45) is 0 Å². The van der Waals surface area contributed by atoms with Gasteiger partial charge in [0.1, 0.15) is 6.17 Å². The normalized spacial score (nSPS) is 41.7. The third-order valence-electron chi connectivity index (χ3n) is 2.11. The van der Waals surface area contributed by atoms with Gasteiger partial charge in [-0.1, -0.05) is 0 Å². The van der Waals surface area contributed by atoms with Gasteiger partial charge in [0.15, 0.2) is 0 Å². The van der Waals surface area contributed by atoms with Crippen LogP contribution in [0.25, 0.3) is 0 Å². The van der Waals surface area contributed by atoms with Crippen LogP contribution in [0.2, 0.25) is 0 Å². The fraction of sp³-hybridized carbons (Fsp3) is 1.00. The Morgan fingerprint density at radius 2 is 2.20 bits per heavy atom. The third kappa shape index (κ3) is 1.67. The lowest BCUT2D eigenvalue weighted by atomic mass is 9.91. The highest BCUT2D eigenvalue weighted by atomic mass is 19.1. The van der Waals surface area contributed by atoms with Crippen molar-refractivity contribution in [2.45, 2.75) is 37.6 Å². The molecule has 0 aromatic rings. The number of nitrogens with one attached hydrogen (secondary N) is 1. The molecule has 0 bridgehead atoms. The summed E-state index contributed by atoms with van der Waals surface area (Å²) in [6.07, 6.45) is 0.585. The quantitative estimate of drug-likeness (QED) is 0.564. The molecule has 1 rings (SSSR count). The highest BCUT2D eigenvalue weighted by molar-refractivity contribution is 4.83. The molecular weight excluding hydrogens is 133 g/mol. The molecule has 1 aliphatic rings. The average molecular weight is 147 g/mol. The van der Waals surface area contributed by atoms with Gasteiger partial charge in [0, 0.05) is 6.04 Å². The second-order valence-corrected chi connectivity index (χ2v) is 2.88. The molecule has 3 atom stereocenters. The van der Waals surface area contributed by atoms with Crippen molar-refractivity contribution in [1.29, 1.82) is 0 Å². The number of aliphatic hydroxyl groups is 1. The van der Waals surface area contributed by atoms with Gasteiger partial charge in [-0.2, -0.15) is 0 Å². The summed E-state index contributed by atoms with van der Waals surface area (Å²) >= 11 is 0. The third-order valence-corrected chi connectivity index (χ3v) is 2.11. The first-order valence-electron chi connectivity index (χ1n) is 3.73. The van der Waals surface area contributed by atoms with E-state index in [9.17, 15) is 4.39 Å². The Morgan fingerprint density at radius 1 is 1.50 bits per heavy atom. The minimum atomic E-state index is -0.770. The lowest BCUT2D eigenvalue weighted by Crippen LogP contribution is -2.42. The molecule has 2 N–H and O–H groups in total. The molecule has 10 heavy (non-hydrogen) atoms. The molecule has 0 aliphatic heterocycles. The second kappa shape index (κ2) is 3.30. The number of hydrogen-bond acceptors (Lipinski definition) is 2. The smallest absolute Gasteiger partial charge is 0.116 e. The van der Waals surface area contributed by atoms with E-state index in [1.807, 2.05) is 0 Å². The molecule has 0 aromatic heterocycles. The maximum Gasteiger partial charge on any atom is 0.116 e. The van der Waals surface area contributed by atoms with E-state index in [1.165, 1.54) is 0 Å². The Hall–Kier alpha value is -0.150. The summed E-state index contributed by atoms with van der Waals surface area (Å²) in [5.74, 6) is 0. The standard InChI is InChI=1S/C7H14FNO/c1-9-7-4-5(10)2-3-6(7)8/h5-7,9-10H,2-4H2,1H3. The Bertz CT molecular complexity index is 110. The van der Waals surface area contributed by atoms with Gasteiger partial charge < -0.3 is 10.4 Å². The van der Waals surface area contributed by atoms with Gasteiger partial charge in [-0.15, -0.1) is 0 Å². The Balaban J connectivity index is 2.38. The molecular formula is C7H14FNO. The van der Waals surface area contributed by atoms with Crippen molar-refractivity contribution in [2.75, 3.05) is 7.05 Å². The predicted octanol–water partition coefficient (Wildman–Crippen LogP) is 0.457. The zero-order chi connectivity index (χ0) is 7.56. The van der Waals surface area contributed by atoms with Gasteiger partial charge in [-0.25, -0.2) is 4.39 Å². The van der Waals surface area contributed by atoms with E-state index in [0.29, 0.717) is 19.3 Å². The van der Waals surface area contributed by atoms with E-state index in [4.69, 9.17) is 5.11 Å². The van der Waals surface area contributed by atoms with Crippen LogP contribution in [0.5, 0.6) is 0 Å². The van der Waals surface area contributed by atoms with Crippen molar-refractivity contribution in [3.63, 3.8) is 0 Å². The maximum atomic E-state index is 12.8. The molecule has 3 unspecified atom stereocenters. The van der Waals surface area contributed by atoms with Crippen LogP contribution >= 0.6 is 0 Å². The summed E-state index contributed by atoms with van der Waals surface area (Å²) < 4.78 is 12.8. The number of rotatable bonds is 1. The molecule has 1 aliphatic carbocycles. The van der Waals surface area contributed by atoms with Crippen molar-refractivity contribution < 1.29 is 9.50 Å². The minimum absolute atomic E-state index is 0.135. The summed E-state index contributed by atoms with van der Waals surface area (Å²) in [6.45, 7) is 0. The summed E-state index contributed by atoms with van der Waals surface area (Å²) in [6, 6.07) is -0.135. The van der Waals surface area contributed by atoms with Crippen LogP contribution in [0.1, 0.15) is 19.3 Å². The largest absolute Gasteiger partial charge is 0.393 e. The highest BCUT2D eigenvalue weighted by Gasteiger charge is 2.27. The van der Waals surface area contributed by atoms with Crippen LogP contribution in [0.3, 0.4) is 0 Å². The Labute approximate surface area is 60.4 Å². The first-order valence-corrected chi connectivity index (χ1v) is 3.73. The van der Waals surface area contributed by atoms with Gasteiger partial charge in [0.25, 0.3) is 0 Å². The molecule has 0 radical (unpaired) electrons. The van der Waals surface area contributed by atoms with Gasteiger partial charge in [-0.3, -0.25) is 0 Å². The fourth-order valence-corrected chi connectivity index (χ4v) is 1.41. The van der Waals surface area contributed by atoms with E-state index < -0.39 is 6.17 Å². The zero-order valence-electron chi connectivity index (χ0n) is 6.18. The zero-order valence-corrected chi connectivity index (χ0v) is 6.18. The molecule has 0 amide bonds. The number of alkyl halides is 1. The van der Waals surface area contributed by atoms with Crippen LogP contribution < -0.4 is 5.32 Å². The lowest BCUT2D eigenvalue weighted by Gasteiger charge is -2.28. The van der Waals surface area contributed by atoms with Crippen LogP contribution in [0, 0.1) is 0 Å². The van der Waals surface area contributed by atoms with Gasteiger partial charge in [-0.05, 0) is 26.3 Å². The maximum absolute atomic E-state index is 12.8. The monoisotopic (exact) mass is 147 g/mol. The fourth-order valence-electron chi connectivity index (χ4n) is 1.41. The van der Waals surface area contributed by atoms with Crippen molar-refractivity contribution in [3.05, 3.63) is 0 Å². The van der Waals surface area contributed by atoms with E-state index in [0.717, 1.165) is 0 Å². The first kappa shape index (κ1) is 7.95. The SMILES string of the molecule is CNC1CC(O)CCC1F. The molecule has 60 valence electrons. The number of aliphatic hydroxyl groups excluding tert-OH is 1. The number of hydrogen-bond donors (Lipinski definition) is 2. The number of halogens is 1. The first-order chi connectivity index (χ1) is 4.74. The van der Waals surface area contributed by atoms with Crippen LogP contribution in [0.4, 0.5) is 4.39 Å². The molecule has 3 heteroatoms. The topological polar surface area (TPSA) is 32.3 Å². The molecule has 0 aromatic carbocycles. The van der Waals surface area contributed by atoms with Crippen molar-refractivity contribution in [3.8, 4) is 0 Å². The average Bonchev–Trinajstić information content (AvgIpc) is 1.94. The predicted molar refractivity (Wildman–Crippen MR) is 37.6 cm³/mol. The summed E-state index contributed by atoms with van der Waals surface area (Å²) in [5.41, 5.74) is 0. The Kier molecular flexibility index (Phi) is 2.63. The Morgan fingerprint density at radius 3 is 2.70 bits per heavy atom. The van der Waals surface area contributed by atoms with E-state index >= 15 is 0 Å². The lowest BCUT2D eigenvalue weighted by molar-refractivity contribution is 0.0700.